The van der Waals surface area contributed by atoms with Gasteiger partial charge in [-0.1, -0.05) is 13.0 Å². The third-order valence-electron chi connectivity index (χ3n) is 2.67. The third-order valence-corrected chi connectivity index (χ3v) is 2.67. The molecule has 0 radical (unpaired) electrons. The molecular weight excluding hydrogens is 254 g/mol. The fraction of sp³-hybridized carbons (Fsp3) is 0.625. The van der Waals surface area contributed by atoms with Crippen LogP contribution in [0.4, 0.5) is 0 Å². The first-order valence-electron chi connectivity index (χ1n) is 7.29. The first-order chi connectivity index (χ1) is 9.67. The highest BCUT2D eigenvalue weighted by atomic mass is 16.5. The summed E-state index contributed by atoms with van der Waals surface area (Å²) in [4.78, 5) is 0. The van der Waals surface area contributed by atoms with Crippen LogP contribution in [0, 0.1) is 0 Å². The zero-order valence-electron chi connectivity index (χ0n) is 13.1. The van der Waals surface area contributed by atoms with Gasteiger partial charge in [-0.05, 0) is 26.3 Å². The zero-order valence-corrected chi connectivity index (χ0v) is 13.1. The number of hydrogen-bond acceptors (Lipinski definition) is 4. The molecule has 1 aromatic carbocycles. The number of rotatable bonds is 10. The van der Waals surface area contributed by atoms with Crippen molar-refractivity contribution in [1.29, 1.82) is 0 Å². The maximum absolute atomic E-state index is 5.87. The molecule has 0 heterocycles. The van der Waals surface area contributed by atoms with Gasteiger partial charge in [0.2, 0.25) is 0 Å². The van der Waals surface area contributed by atoms with Gasteiger partial charge in [-0.2, -0.15) is 0 Å². The zero-order chi connectivity index (χ0) is 14.8. The van der Waals surface area contributed by atoms with Crippen molar-refractivity contribution in [2.45, 2.75) is 39.8 Å². The van der Waals surface area contributed by atoms with Crippen LogP contribution in [0.3, 0.4) is 0 Å². The predicted octanol–water partition coefficient (Wildman–Crippen LogP) is 3.00. The Morgan fingerprint density at radius 1 is 1.20 bits per heavy atom. The van der Waals surface area contributed by atoms with Gasteiger partial charge in [0.05, 0.1) is 19.3 Å². The van der Waals surface area contributed by atoms with Crippen molar-refractivity contribution in [3.05, 3.63) is 23.8 Å². The molecule has 0 aliphatic heterocycles. The number of methoxy groups -OCH3 is 1. The summed E-state index contributed by atoms with van der Waals surface area (Å²) in [5.41, 5.74) is 1.14. The Labute approximate surface area is 122 Å². The van der Waals surface area contributed by atoms with Crippen LogP contribution in [-0.4, -0.2) is 33.0 Å². The van der Waals surface area contributed by atoms with Crippen LogP contribution in [-0.2, 0) is 11.3 Å². The van der Waals surface area contributed by atoms with Crippen molar-refractivity contribution in [2.24, 2.45) is 0 Å². The number of ether oxygens (including phenoxy) is 3. The maximum Gasteiger partial charge on any atom is 0.127 e. The minimum Gasteiger partial charge on any atom is -0.493 e. The second kappa shape index (κ2) is 9.61. The molecule has 1 rings (SSSR count). The predicted molar refractivity (Wildman–Crippen MR) is 81.6 cm³/mol. The van der Waals surface area contributed by atoms with Crippen molar-refractivity contribution in [3.63, 3.8) is 0 Å². The van der Waals surface area contributed by atoms with E-state index >= 15 is 0 Å². The second-order valence-electron chi connectivity index (χ2n) is 4.95. The average Bonchev–Trinajstić information content (AvgIpc) is 2.42. The summed E-state index contributed by atoms with van der Waals surface area (Å²) in [5.74, 6) is 1.75. The average molecular weight is 281 g/mol. The van der Waals surface area contributed by atoms with Crippen molar-refractivity contribution in [1.82, 2.24) is 5.32 Å². The summed E-state index contributed by atoms with van der Waals surface area (Å²) in [6.45, 7) is 9.18. The molecule has 114 valence electrons. The molecule has 4 heteroatoms. The van der Waals surface area contributed by atoms with Gasteiger partial charge in [-0.3, -0.25) is 0 Å². The summed E-state index contributed by atoms with van der Waals surface area (Å²) in [5, 5.41) is 3.33. The van der Waals surface area contributed by atoms with Crippen LogP contribution in [0.2, 0.25) is 0 Å². The molecule has 0 unspecified atom stereocenters. The number of nitrogens with one attached hydrogen (secondary N) is 1. The molecule has 4 nitrogen and oxygen atoms in total. The van der Waals surface area contributed by atoms with E-state index in [4.69, 9.17) is 14.2 Å². The Balaban J connectivity index is 2.69. The van der Waals surface area contributed by atoms with E-state index in [9.17, 15) is 0 Å². The molecule has 20 heavy (non-hydrogen) atoms. The molecule has 0 atom stereocenters. The van der Waals surface area contributed by atoms with Gasteiger partial charge < -0.3 is 19.5 Å². The molecular formula is C16H27NO3. The highest BCUT2D eigenvalue weighted by Crippen LogP contribution is 2.26. The molecule has 0 aliphatic rings. The van der Waals surface area contributed by atoms with E-state index in [2.05, 4.69) is 18.3 Å². The lowest BCUT2D eigenvalue weighted by Crippen LogP contribution is -2.19. The molecule has 0 saturated heterocycles. The summed E-state index contributed by atoms with van der Waals surface area (Å²) >= 11 is 0. The summed E-state index contributed by atoms with van der Waals surface area (Å²) < 4.78 is 16.6. The van der Waals surface area contributed by atoms with Crippen molar-refractivity contribution in [2.75, 3.05) is 26.9 Å². The van der Waals surface area contributed by atoms with Gasteiger partial charge in [0.25, 0.3) is 0 Å². The van der Waals surface area contributed by atoms with Gasteiger partial charge in [0, 0.05) is 31.8 Å². The van der Waals surface area contributed by atoms with Crippen molar-refractivity contribution in [3.8, 4) is 11.5 Å². The molecule has 0 aliphatic carbocycles. The quantitative estimate of drug-likeness (QED) is 0.669. The molecule has 0 spiro atoms. The SMILES string of the molecule is CCCOc1ccc(CNCCOC)c(OC(C)C)c1. The minimum absolute atomic E-state index is 0.147. The van der Waals surface area contributed by atoms with E-state index in [0.29, 0.717) is 6.61 Å². The van der Waals surface area contributed by atoms with E-state index in [0.717, 1.165) is 43.2 Å². The molecule has 0 amide bonds. The van der Waals surface area contributed by atoms with Gasteiger partial charge in [0.1, 0.15) is 11.5 Å². The highest BCUT2D eigenvalue weighted by molar-refractivity contribution is 5.41. The smallest absolute Gasteiger partial charge is 0.127 e. The second-order valence-corrected chi connectivity index (χ2v) is 4.95. The number of hydrogen-bond donors (Lipinski definition) is 1. The topological polar surface area (TPSA) is 39.7 Å². The monoisotopic (exact) mass is 281 g/mol. The largest absolute Gasteiger partial charge is 0.493 e. The summed E-state index contributed by atoms with van der Waals surface area (Å²) in [7, 11) is 1.70. The Morgan fingerprint density at radius 2 is 2.00 bits per heavy atom. The fourth-order valence-corrected chi connectivity index (χ4v) is 1.75. The lowest BCUT2D eigenvalue weighted by molar-refractivity contribution is 0.198. The van der Waals surface area contributed by atoms with Gasteiger partial charge in [0.15, 0.2) is 0 Å². The fourth-order valence-electron chi connectivity index (χ4n) is 1.75. The van der Waals surface area contributed by atoms with Crippen molar-refractivity contribution < 1.29 is 14.2 Å². The molecule has 0 saturated carbocycles. The first kappa shape index (κ1) is 16.8. The number of benzene rings is 1. The van der Waals surface area contributed by atoms with Crippen LogP contribution in [0.25, 0.3) is 0 Å². The van der Waals surface area contributed by atoms with E-state index < -0.39 is 0 Å². The minimum atomic E-state index is 0.147. The van der Waals surface area contributed by atoms with E-state index in [1.807, 2.05) is 26.0 Å². The lowest BCUT2D eigenvalue weighted by atomic mass is 10.2. The standard InChI is InChI=1S/C16H27NO3/c1-5-9-19-15-7-6-14(12-17-8-10-18-4)16(11-15)20-13(2)3/h6-7,11,13,17H,5,8-10,12H2,1-4H3. The first-order valence-corrected chi connectivity index (χ1v) is 7.29. The van der Waals surface area contributed by atoms with Gasteiger partial charge in [-0.25, -0.2) is 0 Å². The van der Waals surface area contributed by atoms with E-state index in [-0.39, 0.29) is 6.10 Å². The maximum atomic E-state index is 5.87. The Morgan fingerprint density at radius 3 is 2.65 bits per heavy atom. The normalized spacial score (nSPS) is 10.8. The van der Waals surface area contributed by atoms with Crippen LogP contribution in [0.1, 0.15) is 32.8 Å². The Kier molecular flexibility index (Phi) is 8.07. The van der Waals surface area contributed by atoms with Crippen LogP contribution >= 0.6 is 0 Å². The molecule has 0 bridgehead atoms. The summed E-state index contributed by atoms with van der Waals surface area (Å²) in [6.07, 6.45) is 1.15. The van der Waals surface area contributed by atoms with Gasteiger partial charge in [-0.15, -0.1) is 0 Å². The van der Waals surface area contributed by atoms with Gasteiger partial charge >= 0.3 is 0 Å². The van der Waals surface area contributed by atoms with E-state index in [1.54, 1.807) is 7.11 Å². The van der Waals surface area contributed by atoms with Crippen LogP contribution in [0.15, 0.2) is 18.2 Å². The Bertz CT molecular complexity index is 380. The lowest BCUT2D eigenvalue weighted by Gasteiger charge is -2.16. The van der Waals surface area contributed by atoms with Crippen molar-refractivity contribution >= 4 is 0 Å². The highest BCUT2D eigenvalue weighted by Gasteiger charge is 2.08. The Hall–Kier alpha value is -1.26. The summed E-state index contributed by atoms with van der Waals surface area (Å²) in [6, 6.07) is 6.03. The molecule has 1 aromatic rings. The van der Waals surface area contributed by atoms with E-state index in [1.165, 1.54) is 0 Å². The molecule has 1 N–H and O–H groups in total. The molecule has 0 aromatic heterocycles. The molecule has 0 fully saturated rings. The third kappa shape index (κ3) is 6.26. The van der Waals surface area contributed by atoms with Crippen LogP contribution < -0.4 is 14.8 Å². The van der Waals surface area contributed by atoms with Crippen LogP contribution in [0.5, 0.6) is 11.5 Å².